The number of carbonyl (C=O) groups is 1. The number of rotatable bonds is 7. The second kappa shape index (κ2) is 8.21. The van der Waals surface area contributed by atoms with E-state index in [-0.39, 0.29) is 17.7 Å². The number of ketones is 1. The van der Waals surface area contributed by atoms with Gasteiger partial charge in [-0.25, -0.2) is 0 Å². The molecule has 0 unspecified atom stereocenters. The molecule has 132 valence electrons. The van der Waals surface area contributed by atoms with Gasteiger partial charge in [-0.2, -0.15) is 13.2 Å². The molecular weight excluding hydrogens is 353 g/mol. The maximum Gasteiger partial charge on any atom is 0.417 e. The zero-order chi connectivity index (χ0) is 18.4. The van der Waals surface area contributed by atoms with Crippen molar-refractivity contribution in [3.63, 3.8) is 0 Å². The Balaban J connectivity index is 2.28. The summed E-state index contributed by atoms with van der Waals surface area (Å²) < 4.78 is 45.4. The number of benzene rings is 2. The third kappa shape index (κ3) is 5.36. The van der Waals surface area contributed by atoms with Gasteiger partial charge in [-0.15, -0.1) is 6.58 Å². The molecule has 0 radical (unpaired) electrons. The highest BCUT2D eigenvalue weighted by Gasteiger charge is 2.35. The number of unbranched alkanes of at least 4 members (excludes halogenated alkanes) is 1. The predicted molar refractivity (Wildman–Crippen MR) is 91.3 cm³/mol. The van der Waals surface area contributed by atoms with E-state index in [2.05, 4.69) is 6.58 Å². The molecule has 2 rings (SSSR count). The van der Waals surface area contributed by atoms with Crippen LogP contribution >= 0.6 is 11.6 Å². The molecule has 0 saturated heterocycles. The van der Waals surface area contributed by atoms with Crippen LogP contribution in [0.2, 0.25) is 5.02 Å². The average molecular weight is 369 g/mol. The Morgan fingerprint density at radius 3 is 2.36 bits per heavy atom. The number of allylic oxidation sites excluding steroid dienone is 1. The highest BCUT2D eigenvalue weighted by molar-refractivity contribution is 6.30. The minimum Gasteiger partial charge on any atom is -0.457 e. The molecule has 0 aliphatic rings. The van der Waals surface area contributed by atoms with Gasteiger partial charge in [0.1, 0.15) is 11.5 Å². The lowest BCUT2D eigenvalue weighted by molar-refractivity contribution is -0.138. The molecular formula is C19H16ClF3O2. The summed E-state index contributed by atoms with van der Waals surface area (Å²) in [6.07, 6.45) is -1.95. The summed E-state index contributed by atoms with van der Waals surface area (Å²) in [5.74, 6) is -0.202. The van der Waals surface area contributed by atoms with E-state index in [9.17, 15) is 18.0 Å². The number of hydrogen-bond acceptors (Lipinski definition) is 2. The molecule has 0 bridgehead atoms. The summed E-state index contributed by atoms with van der Waals surface area (Å²) in [6.45, 7) is 3.53. The first-order valence-corrected chi connectivity index (χ1v) is 7.98. The molecule has 0 aliphatic carbocycles. The van der Waals surface area contributed by atoms with Crippen molar-refractivity contribution in [3.05, 3.63) is 71.3 Å². The molecule has 0 aliphatic heterocycles. The van der Waals surface area contributed by atoms with Gasteiger partial charge in [-0.05, 0) is 55.3 Å². The van der Waals surface area contributed by atoms with E-state index in [1.165, 1.54) is 6.07 Å². The number of Topliss-reactive ketones (excluding diaryl/α,β-unsaturated/α-hetero) is 1. The average Bonchev–Trinajstić information content (AvgIpc) is 2.56. The summed E-state index contributed by atoms with van der Waals surface area (Å²) in [5.41, 5.74) is -1.34. The molecule has 0 amide bonds. The summed E-state index contributed by atoms with van der Waals surface area (Å²) in [7, 11) is 0. The van der Waals surface area contributed by atoms with Gasteiger partial charge in [0.2, 0.25) is 0 Å². The summed E-state index contributed by atoms with van der Waals surface area (Å²) in [4.78, 5) is 12.1. The number of halogens is 4. The monoisotopic (exact) mass is 368 g/mol. The second-order valence-electron chi connectivity index (χ2n) is 5.37. The molecule has 2 aromatic rings. The van der Waals surface area contributed by atoms with E-state index >= 15 is 0 Å². The predicted octanol–water partition coefficient (Wildman–Crippen LogP) is 6.69. The normalized spacial score (nSPS) is 11.2. The van der Waals surface area contributed by atoms with Crippen molar-refractivity contribution < 1.29 is 22.7 Å². The van der Waals surface area contributed by atoms with Crippen LogP contribution in [0.3, 0.4) is 0 Å². The zero-order valence-corrected chi connectivity index (χ0v) is 14.0. The van der Waals surface area contributed by atoms with Crippen LogP contribution in [-0.4, -0.2) is 5.78 Å². The highest BCUT2D eigenvalue weighted by Crippen LogP contribution is 2.36. The van der Waals surface area contributed by atoms with Crippen molar-refractivity contribution in [2.45, 2.75) is 25.4 Å². The minimum absolute atomic E-state index is 0.00251. The van der Waals surface area contributed by atoms with Gasteiger partial charge < -0.3 is 4.74 Å². The number of ether oxygens (including phenoxy) is 1. The summed E-state index contributed by atoms with van der Waals surface area (Å²) in [5, 5.41) is 0.490. The van der Waals surface area contributed by atoms with Crippen molar-refractivity contribution >= 4 is 17.4 Å². The van der Waals surface area contributed by atoms with Crippen LogP contribution in [0, 0.1) is 0 Å². The molecule has 0 heterocycles. The van der Waals surface area contributed by atoms with E-state index in [0.717, 1.165) is 12.1 Å². The molecule has 0 atom stereocenters. The Hall–Kier alpha value is -2.27. The Kier molecular flexibility index (Phi) is 6.26. The van der Waals surface area contributed by atoms with Gasteiger partial charge in [0, 0.05) is 17.0 Å². The fraction of sp³-hybridized carbons (Fsp3) is 0.211. The van der Waals surface area contributed by atoms with Gasteiger partial charge in [0.15, 0.2) is 5.78 Å². The lowest BCUT2D eigenvalue weighted by Crippen LogP contribution is -2.13. The summed E-state index contributed by atoms with van der Waals surface area (Å²) >= 11 is 5.76. The van der Waals surface area contributed by atoms with E-state index in [0.29, 0.717) is 23.6 Å². The van der Waals surface area contributed by atoms with Crippen LogP contribution in [0.25, 0.3) is 0 Å². The SMILES string of the molecule is C=CCCCC(=O)c1ccc(Oc2ccc(Cl)cc2)cc1C(F)(F)F. The number of carbonyl (C=O) groups excluding carboxylic acids is 1. The molecule has 25 heavy (non-hydrogen) atoms. The molecule has 6 heteroatoms. The quantitative estimate of drug-likeness (QED) is 0.309. The Morgan fingerprint density at radius 1 is 1.12 bits per heavy atom. The van der Waals surface area contributed by atoms with E-state index in [4.69, 9.17) is 16.3 Å². The Morgan fingerprint density at radius 2 is 1.76 bits per heavy atom. The highest BCUT2D eigenvalue weighted by atomic mass is 35.5. The zero-order valence-electron chi connectivity index (χ0n) is 13.3. The standard InChI is InChI=1S/C19H16ClF3O2/c1-2-3-4-5-18(24)16-11-10-15(12-17(16)19(21,22)23)25-14-8-6-13(20)7-9-14/h2,6-12H,1,3-5H2. The van der Waals surface area contributed by atoms with Gasteiger partial charge in [-0.1, -0.05) is 17.7 Å². The second-order valence-corrected chi connectivity index (χ2v) is 5.80. The molecule has 0 spiro atoms. The van der Waals surface area contributed by atoms with Crippen LogP contribution in [0.4, 0.5) is 13.2 Å². The maximum absolute atomic E-state index is 13.3. The van der Waals surface area contributed by atoms with Gasteiger partial charge in [-0.3, -0.25) is 4.79 Å². The van der Waals surface area contributed by atoms with Crippen LogP contribution in [0.5, 0.6) is 11.5 Å². The molecule has 2 aromatic carbocycles. The molecule has 2 nitrogen and oxygen atoms in total. The summed E-state index contributed by atoms with van der Waals surface area (Å²) in [6, 6.07) is 9.58. The largest absolute Gasteiger partial charge is 0.457 e. The van der Waals surface area contributed by atoms with E-state index < -0.39 is 17.5 Å². The maximum atomic E-state index is 13.3. The fourth-order valence-corrected chi connectivity index (χ4v) is 2.37. The smallest absolute Gasteiger partial charge is 0.417 e. The van der Waals surface area contributed by atoms with Gasteiger partial charge in [0.05, 0.1) is 5.56 Å². The van der Waals surface area contributed by atoms with Crippen LogP contribution < -0.4 is 4.74 Å². The Bertz CT molecular complexity index is 752. The van der Waals surface area contributed by atoms with Gasteiger partial charge >= 0.3 is 6.18 Å². The first-order valence-electron chi connectivity index (χ1n) is 7.60. The third-order valence-corrected chi connectivity index (χ3v) is 3.71. The number of hydrogen-bond donors (Lipinski definition) is 0. The van der Waals surface area contributed by atoms with Crippen LogP contribution in [-0.2, 0) is 6.18 Å². The molecule has 0 saturated carbocycles. The Labute approximate surface area is 148 Å². The number of alkyl halides is 3. The lowest BCUT2D eigenvalue weighted by atomic mass is 9.99. The van der Waals surface area contributed by atoms with Crippen molar-refractivity contribution in [1.82, 2.24) is 0 Å². The van der Waals surface area contributed by atoms with Crippen molar-refractivity contribution in [1.29, 1.82) is 0 Å². The van der Waals surface area contributed by atoms with E-state index in [1.807, 2.05) is 0 Å². The lowest BCUT2D eigenvalue weighted by Gasteiger charge is -2.14. The molecule has 0 fully saturated rings. The first kappa shape index (κ1) is 19.1. The van der Waals surface area contributed by atoms with Crippen molar-refractivity contribution in [2.75, 3.05) is 0 Å². The van der Waals surface area contributed by atoms with Crippen LogP contribution in [0.1, 0.15) is 35.2 Å². The molecule has 0 aromatic heterocycles. The first-order chi connectivity index (χ1) is 11.8. The third-order valence-electron chi connectivity index (χ3n) is 3.46. The fourth-order valence-electron chi connectivity index (χ4n) is 2.24. The van der Waals surface area contributed by atoms with Crippen LogP contribution in [0.15, 0.2) is 55.1 Å². The molecule has 0 N–H and O–H groups in total. The minimum atomic E-state index is -4.65. The topological polar surface area (TPSA) is 26.3 Å². The van der Waals surface area contributed by atoms with Crippen molar-refractivity contribution in [3.8, 4) is 11.5 Å². The van der Waals surface area contributed by atoms with Crippen molar-refractivity contribution in [2.24, 2.45) is 0 Å². The van der Waals surface area contributed by atoms with Gasteiger partial charge in [0.25, 0.3) is 0 Å². The van der Waals surface area contributed by atoms with E-state index in [1.54, 1.807) is 30.3 Å².